The molecule has 0 N–H and O–H groups in total. The molecule has 3 heterocycles. The van der Waals surface area contributed by atoms with Crippen molar-refractivity contribution in [3.05, 3.63) is 152 Å². The lowest BCUT2D eigenvalue weighted by Gasteiger charge is -2.11. The largest absolute Gasteiger partial charge is 0.436 e. The van der Waals surface area contributed by atoms with Crippen LogP contribution < -0.4 is 0 Å². The van der Waals surface area contributed by atoms with E-state index in [1.165, 1.54) is 15.8 Å². The summed E-state index contributed by atoms with van der Waals surface area (Å²) >= 11 is 1.75. The number of benzene rings is 6. The molecule has 0 radical (unpaired) electrons. The van der Waals surface area contributed by atoms with Gasteiger partial charge in [-0.3, -0.25) is 0 Å². The number of thiophene rings is 1. The molecular weight excluding hydrogens is 583 g/mol. The van der Waals surface area contributed by atoms with E-state index in [0.29, 0.717) is 11.7 Å². The van der Waals surface area contributed by atoms with E-state index < -0.39 is 0 Å². The van der Waals surface area contributed by atoms with Gasteiger partial charge in [0.15, 0.2) is 11.4 Å². The molecule has 6 aromatic carbocycles. The summed E-state index contributed by atoms with van der Waals surface area (Å²) in [6.07, 6.45) is 0. The van der Waals surface area contributed by atoms with Crippen molar-refractivity contribution in [2.45, 2.75) is 0 Å². The third-order valence-corrected chi connectivity index (χ3v) is 9.58. The molecule has 0 saturated heterocycles. The first-order chi connectivity index (χ1) is 22.8. The first-order valence-electron chi connectivity index (χ1n) is 15.2. The van der Waals surface area contributed by atoms with Gasteiger partial charge in [0.25, 0.3) is 0 Å². The monoisotopic (exact) mass is 607 g/mol. The molecule has 3 aromatic heterocycles. The number of nitrogens with zero attached hydrogens (tertiary/aromatic N) is 3. The van der Waals surface area contributed by atoms with Crippen LogP contribution in [0.5, 0.6) is 0 Å². The van der Waals surface area contributed by atoms with Gasteiger partial charge in [-0.25, -0.2) is 15.0 Å². The van der Waals surface area contributed by atoms with Crippen LogP contribution in [0.25, 0.3) is 87.8 Å². The minimum Gasteiger partial charge on any atom is -0.436 e. The van der Waals surface area contributed by atoms with Gasteiger partial charge in [-0.05, 0) is 41.5 Å². The van der Waals surface area contributed by atoms with Gasteiger partial charge >= 0.3 is 0 Å². The first-order valence-corrected chi connectivity index (χ1v) is 16.0. The van der Waals surface area contributed by atoms with Crippen molar-refractivity contribution >= 4 is 42.6 Å². The Morgan fingerprint density at radius 3 is 1.85 bits per heavy atom. The minimum absolute atomic E-state index is 0.628. The van der Waals surface area contributed by atoms with Gasteiger partial charge in [-0.1, -0.05) is 121 Å². The molecule has 216 valence electrons. The molecule has 5 heteroatoms. The molecule has 46 heavy (non-hydrogen) atoms. The van der Waals surface area contributed by atoms with Crippen molar-refractivity contribution < 1.29 is 4.42 Å². The summed E-state index contributed by atoms with van der Waals surface area (Å²) in [6, 6.07) is 52.1. The van der Waals surface area contributed by atoms with Crippen LogP contribution in [0.4, 0.5) is 0 Å². The molecule has 0 atom stereocenters. The Balaban J connectivity index is 1.23. The predicted octanol–water partition coefficient (Wildman–Crippen LogP) is 11.3. The number of para-hydroxylation sites is 2. The zero-order chi connectivity index (χ0) is 30.5. The topological polar surface area (TPSA) is 51.8 Å². The minimum atomic E-state index is 0.628. The number of hydrogen-bond acceptors (Lipinski definition) is 5. The Bertz CT molecular complexity index is 2480. The zero-order valence-corrected chi connectivity index (χ0v) is 25.4. The number of oxazole rings is 1. The molecule has 0 aliphatic carbocycles. The third kappa shape index (κ3) is 4.57. The Morgan fingerprint density at radius 2 is 1.09 bits per heavy atom. The average Bonchev–Trinajstić information content (AvgIpc) is 3.74. The van der Waals surface area contributed by atoms with Gasteiger partial charge in [-0.15, -0.1) is 11.3 Å². The zero-order valence-electron chi connectivity index (χ0n) is 24.6. The second-order valence-corrected chi connectivity index (χ2v) is 12.3. The van der Waals surface area contributed by atoms with Gasteiger partial charge < -0.3 is 4.42 Å². The van der Waals surface area contributed by atoms with E-state index in [-0.39, 0.29) is 0 Å². The Morgan fingerprint density at radius 1 is 0.478 bits per heavy atom. The van der Waals surface area contributed by atoms with E-state index in [2.05, 4.69) is 103 Å². The molecule has 4 nitrogen and oxygen atoms in total. The number of hydrogen-bond donors (Lipinski definition) is 0. The summed E-state index contributed by atoms with van der Waals surface area (Å²) < 4.78 is 8.51. The molecule has 0 fully saturated rings. The lowest BCUT2D eigenvalue weighted by molar-refractivity contribution is 0.621. The SMILES string of the molecule is c1ccc(-c2ccc(-c3cc(-c4ccccc4)nc(-c4cccc5sc6c(-c7nc8ccccc8o7)cccc6c45)n3)cc2)cc1. The van der Waals surface area contributed by atoms with Crippen molar-refractivity contribution in [1.29, 1.82) is 0 Å². The fraction of sp³-hybridized carbons (Fsp3) is 0. The van der Waals surface area contributed by atoms with Gasteiger partial charge in [0, 0.05) is 36.9 Å². The molecule has 0 aliphatic rings. The van der Waals surface area contributed by atoms with Crippen LogP contribution in [0, 0.1) is 0 Å². The Hall–Kier alpha value is -5.91. The molecule has 0 aliphatic heterocycles. The highest BCUT2D eigenvalue weighted by Crippen LogP contribution is 2.44. The van der Waals surface area contributed by atoms with E-state index in [4.69, 9.17) is 19.4 Å². The van der Waals surface area contributed by atoms with Crippen LogP contribution in [-0.2, 0) is 0 Å². The summed E-state index contributed by atoms with van der Waals surface area (Å²) in [5, 5.41) is 2.27. The average molecular weight is 608 g/mol. The summed E-state index contributed by atoms with van der Waals surface area (Å²) in [5.74, 6) is 1.32. The summed E-state index contributed by atoms with van der Waals surface area (Å²) in [4.78, 5) is 15.2. The first kappa shape index (κ1) is 26.5. The van der Waals surface area contributed by atoms with E-state index in [9.17, 15) is 0 Å². The fourth-order valence-corrected chi connectivity index (χ4v) is 7.36. The normalized spacial score (nSPS) is 11.5. The smallest absolute Gasteiger partial charge is 0.228 e. The van der Waals surface area contributed by atoms with Crippen molar-refractivity contribution in [2.24, 2.45) is 0 Å². The second kappa shape index (κ2) is 10.9. The molecule has 0 unspecified atom stereocenters. The summed E-state index contributed by atoms with van der Waals surface area (Å²) in [6.45, 7) is 0. The van der Waals surface area contributed by atoms with Crippen LogP contribution in [0.15, 0.2) is 156 Å². The van der Waals surface area contributed by atoms with Gasteiger partial charge in [0.2, 0.25) is 5.89 Å². The van der Waals surface area contributed by atoms with Crippen LogP contribution in [-0.4, -0.2) is 15.0 Å². The van der Waals surface area contributed by atoms with Gasteiger partial charge in [0.05, 0.1) is 17.0 Å². The number of aromatic nitrogens is 3. The molecule has 0 spiro atoms. The predicted molar refractivity (Wildman–Crippen MR) is 190 cm³/mol. The van der Waals surface area contributed by atoms with E-state index in [1.807, 2.05) is 48.5 Å². The van der Waals surface area contributed by atoms with Crippen molar-refractivity contribution in [2.75, 3.05) is 0 Å². The number of fused-ring (bicyclic) bond motifs is 4. The lowest BCUT2D eigenvalue weighted by atomic mass is 10.0. The highest BCUT2D eigenvalue weighted by atomic mass is 32.1. The highest BCUT2D eigenvalue weighted by molar-refractivity contribution is 7.26. The Labute approximate surface area is 269 Å². The third-order valence-electron chi connectivity index (χ3n) is 8.37. The second-order valence-electron chi connectivity index (χ2n) is 11.2. The molecule has 0 bridgehead atoms. The molecule has 9 rings (SSSR count). The maximum atomic E-state index is 6.21. The van der Waals surface area contributed by atoms with Crippen LogP contribution in [0.1, 0.15) is 0 Å². The molecular formula is C41H25N3OS. The molecule has 9 aromatic rings. The lowest BCUT2D eigenvalue weighted by Crippen LogP contribution is -1.96. The van der Waals surface area contributed by atoms with E-state index in [1.54, 1.807) is 11.3 Å². The van der Waals surface area contributed by atoms with Crippen molar-refractivity contribution in [1.82, 2.24) is 15.0 Å². The maximum Gasteiger partial charge on any atom is 0.228 e. The van der Waals surface area contributed by atoms with E-state index >= 15 is 0 Å². The summed E-state index contributed by atoms with van der Waals surface area (Å²) in [5.41, 5.74) is 9.84. The standard InChI is InChI=1S/C41H25N3OS/c1-3-11-26(12-4-1)27-21-23-29(24-22-27)35-25-34(28-13-5-2-6-14-28)42-40(43-35)31-16-10-20-37-38(31)30-15-9-17-32(39(30)46-37)41-44-33-18-7-8-19-36(33)45-41/h1-25H. The highest BCUT2D eigenvalue weighted by Gasteiger charge is 2.19. The fourth-order valence-electron chi connectivity index (χ4n) is 6.13. The summed E-state index contributed by atoms with van der Waals surface area (Å²) in [7, 11) is 0. The van der Waals surface area contributed by atoms with Gasteiger partial charge in [0.1, 0.15) is 5.52 Å². The molecule has 0 saturated carbocycles. The van der Waals surface area contributed by atoms with Crippen LogP contribution in [0.3, 0.4) is 0 Å². The number of rotatable bonds is 5. The van der Waals surface area contributed by atoms with Gasteiger partial charge in [-0.2, -0.15) is 0 Å². The van der Waals surface area contributed by atoms with Crippen molar-refractivity contribution in [3.8, 4) is 56.5 Å². The molecule has 0 amide bonds. The van der Waals surface area contributed by atoms with Crippen molar-refractivity contribution in [3.63, 3.8) is 0 Å². The Kier molecular flexibility index (Phi) is 6.28. The van der Waals surface area contributed by atoms with Crippen LogP contribution in [0.2, 0.25) is 0 Å². The van der Waals surface area contributed by atoms with Crippen LogP contribution >= 0.6 is 11.3 Å². The maximum absolute atomic E-state index is 6.21. The van der Waals surface area contributed by atoms with E-state index in [0.717, 1.165) is 60.2 Å². The quantitative estimate of drug-likeness (QED) is 0.195.